The van der Waals surface area contributed by atoms with Crippen LogP contribution in [0, 0.1) is 0 Å². The number of pyridine rings is 1. The van der Waals surface area contributed by atoms with E-state index in [9.17, 15) is 0 Å². The number of nitrogens with zero attached hydrogens (tertiary/aromatic N) is 2. The molecule has 0 spiro atoms. The topological polar surface area (TPSA) is 31.9 Å². The summed E-state index contributed by atoms with van der Waals surface area (Å²) in [5.41, 5.74) is 5.23. The van der Waals surface area contributed by atoms with Gasteiger partial charge in [-0.1, -0.05) is 30.3 Å². The second-order valence-electron chi connectivity index (χ2n) is 5.83. The molecule has 0 saturated heterocycles. The lowest BCUT2D eigenvalue weighted by atomic mass is 10.0. The smallest absolute Gasteiger partial charge is 0.0457 e. The highest BCUT2D eigenvalue weighted by atomic mass is 15.1. The van der Waals surface area contributed by atoms with E-state index in [1.54, 1.807) is 0 Å². The van der Waals surface area contributed by atoms with E-state index in [1.165, 1.54) is 27.6 Å². The van der Waals surface area contributed by atoms with E-state index in [0.29, 0.717) is 0 Å². The molecule has 1 aliphatic rings. The van der Waals surface area contributed by atoms with E-state index in [1.807, 2.05) is 18.5 Å². The van der Waals surface area contributed by atoms with Gasteiger partial charge in [0.25, 0.3) is 0 Å². The number of hydrogen-bond donors (Lipinski definition) is 1. The molecule has 2 aromatic heterocycles. The fourth-order valence-electron chi connectivity index (χ4n) is 3.21. The van der Waals surface area contributed by atoms with Gasteiger partial charge in [0.1, 0.15) is 0 Å². The van der Waals surface area contributed by atoms with E-state index in [0.717, 1.165) is 26.1 Å². The van der Waals surface area contributed by atoms with Gasteiger partial charge in [-0.2, -0.15) is 0 Å². The highest BCUT2D eigenvalue weighted by Crippen LogP contribution is 2.24. The second kappa shape index (κ2) is 5.78. The Kier molecular flexibility index (Phi) is 3.49. The number of H-pyrrole nitrogens is 1. The number of fused-ring (bicyclic) bond motifs is 1. The van der Waals surface area contributed by atoms with Crippen LogP contribution in [0.15, 0.2) is 61.1 Å². The van der Waals surface area contributed by atoms with Crippen LogP contribution in [0.4, 0.5) is 0 Å². The zero-order valence-corrected chi connectivity index (χ0v) is 12.5. The molecule has 3 heteroatoms. The number of aromatic nitrogens is 2. The summed E-state index contributed by atoms with van der Waals surface area (Å²) in [6, 6.07) is 12.7. The van der Waals surface area contributed by atoms with E-state index in [-0.39, 0.29) is 0 Å². The average Bonchev–Trinajstić information content (AvgIpc) is 2.99. The maximum Gasteiger partial charge on any atom is 0.0457 e. The maximum absolute atomic E-state index is 4.24. The Morgan fingerprint density at radius 2 is 2.09 bits per heavy atom. The van der Waals surface area contributed by atoms with Gasteiger partial charge in [-0.15, -0.1) is 0 Å². The zero-order valence-electron chi connectivity index (χ0n) is 12.5. The minimum Gasteiger partial charge on any atom is -0.361 e. The molecular weight excluding hydrogens is 270 g/mol. The molecule has 0 fully saturated rings. The number of benzene rings is 1. The lowest BCUT2D eigenvalue weighted by Crippen LogP contribution is -2.28. The Bertz CT molecular complexity index is 802. The van der Waals surface area contributed by atoms with Crippen molar-refractivity contribution in [2.24, 2.45) is 0 Å². The summed E-state index contributed by atoms with van der Waals surface area (Å²) in [6.45, 7) is 3.09. The van der Waals surface area contributed by atoms with E-state index >= 15 is 0 Å². The molecule has 0 bridgehead atoms. The minimum atomic E-state index is 0.988. The molecule has 0 atom stereocenters. The largest absolute Gasteiger partial charge is 0.361 e. The monoisotopic (exact) mass is 289 g/mol. The summed E-state index contributed by atoms with van der Waals surface area (Å²) in [7, 11) is 0. The van der Waals surface area contributed by atoms with Crippen LogP contribution in [0.3, 0.4) is 0 Å². The Hall–Kier alpha value is -2.39. The summed E-state index contributed by atoms with van der Waals surface area (Å²) in [6.07, 6.45) is 9.39. The van der Waals surface area contributed by atoms with Gasteiger partial charge in [-0.3, -0.25) is 9.88 Å². The van der Waals surface area contributed by atoms with Crippen LogP contribution in [0.2, 0.25) is 0 Å². The Balaban J connectivity index is 1.54. The van der Waals surface area contributed by atoms with Crippen molar-refractivity contribution in [2.75, 3.05) is 13.1 Å². The van der Waals surface area contributed by atoms with Crippen LogP contribution in [0.1, 0.15) is 17.5 Å². The quantitative estimate of drug-likeness (QED) is 0.794. The van der Waals surface area contributed by atoms with E-state index < -0.39 is 0 Å². The van der Waals surface area contributed by atoms with Gasteiger partial charge in [0.15, 0.2) is 0 Å². The van der Waals surface area contributed by atoms with Crippen molar-refractivity contribution in [3.8, 4) is 0 Å². The summed E-state index contributed by atoms with van der Waals surface area (Å²) < 4.78 is 0. The molecule has 0 aliphatic carbocycles. The first-order valence-electron chi connectivity index (χ1n) is 7.77. The summed E-state index contributed by atoms with van der Waals surface area (Å²) in [5.74, 6) is 0. The van der Waals surface area contributed by atoms with Crippen molar-refractivity contribution in [1.82, 2.24) is 14.9 Å². The fourth-order valence-corrected chi connectivity index (χ4v) is 3.21. The SMILES string of the molecule is C1=C(c2cccnc2)CN(Cc2c[nH]c3ccccc23)CC1. The Morgan fingerprint density at radius 1 is 1.14 bits per heavy atom. The summed E-state index contributed by atoms with van der Waals surface area (Å²) >= 11 is 0. The molecule has 1 aromatic carbocycles. The molecule has 0 unspecified atom stereocenters. The van der Waals surface area contributed by atoms with Gasteiger partial charge in [-0.25, -0.2) is 0 Å². The number of aromatic amines is 1. The molecule has 110 valence electrons. The highest BCUT2D eigenvalue weighted by Gasteiger charge is 2.15. The lowest BCUT2D eigenvalue weighted by Gasteiger charge is -2.27. The third kappa shape index (κ3) is 2.55. The summed E-state index contributed by atoms with van der Waals surface area (Å²) in [5, 5.41) is 1.33. The maximum atomic E-state index is 4.24. The van der Waals surface area contributed by atoms with Crippen molar-refractivity contribution >= 4 is 16.5 Å². The van der Waals surface area contributed by atoms with Gasteiger partial charge in [-0.05, 0) is 35.3 Å². The van der Waals surface area contributed by atoms with Crippen LogP contribution in [0.5, 0.6) is 0 Å². The van der Waals surface area contributed by atoms with Crippen LogP contribution in [0.25, 0.3) is 16.5 Å². The number of nitrogens with one attached hydrogen (secondary N) is 1. The number of hydrogen-bond acceptors (Lipinski definition) is 2. The number of rotatable bonds is 3. The first kappa shape index (κ1) is 13.3. The first-order valence-corrected chi connectivity index (χ1v) is 7.77. The molecule has 4 rings (SSSR count). The fraction of sp³-hybridized carbons (Fsp3) is 0.211. The van der Waals surface area contributed by atoms with Crippen molar-refractivity contribution in [1.29, 1.82) is 0 Å². The van der Waals surface area contributed by atoms with Gasteiger partial charge in [0.2, 0.25) is 0 Å². The molecule has 22 heavy (non-hydrogen) atoms. The molecule has 3 aromatic rings. The predicted octanol–water partition coefficient (Wildman–Crippen LogP) is 3.85. The minimum absolute atomic E-state index is 0.988. The molecule has 0 radical (unpaired) electrons. The van der Waals surface area contributed by atoms with Gasteiger partial charge in [0.05, 0.1) is 0 Å². The summed E-state index contributed by atoms with van der Waals surface area (Å²) in [4.78, 5) is 10.1. The van der Waals surface area contributed by atoms with Crippen LogP contribution >= 0.6 is 0 Å². The molecule has 3 nitrogen and oxygen atoms in total. The normalized spacial score (nSPS) is 15.9. The number of para-hydroxylation sites is 1. The Labute approximate surface area is 130 Å². The molecule has 1 N–H and O–H groups in total. The highest BCUT2D eigenvalue weighted by molar-refractivity contribution is 5.83. The van der Waals surface area contributed by atoms with Gasteiger partial charge < -0.3 is 4.98 Å². The molecule has 3 heterocycles. The van der Waals surface area contributed by atoms with Crippen LogP contribution in [-0.2, 0) is 6.54 Å². The standard InChI is InChI=1S/C19H19N3/c1-2-8-19-18(7-1)17(12-21-19)14-22-10-4-6-16(13-22)15-5-3-9-20-11-15/h1-3,5-9,11-12,21H,4,10,13-14H2. The Morgan fingerprint density at radius 3 is 3.00 bits per heavy atom. The zero-order chi connectivity index (χ0) is 14.8. The van der Waals surface area contributed by atoms with Gasteiger partial charge >= 0.3 is 0 Å². The van der Waals surface area contributed by atoms with Crippen molar-refractivity contribution in [3.63, 3.8) is 0 Å². The van der Waals surface area contributed by atoms with Crippen LogP contribution < -0.4 is 0 Å². The van der Waals surface area contributed by atoms with E-state index in [4.69, 9.17) is 0 Å². The van der Waals surface area contributed by atoms with Crippen molar-refractivity contribution in [2.45, 2.75) is 13.0 Å². The third-order valence-electron chi connectivity index (χ3n) is 4.33. The lowest BCUT2D eigenvalue weighted by molar-refractivity contribution is 0.297. The van der Waals surface area contributed by atoms with Crippen molar-refractivity contribution < 1.29 is 0 Å². The van der Waals surface area contributed by atoms with Crippen molar-refractivity contribution in [3.05, 3.63) is 72.2 Å². The first-order chi connectivity index (χ1) is 10.9. The van der Waals surface area contributed by atoms with E-state index in [2.05, 4.69) is 57.5 Å². The second-order valence-corrected chi connectivity index (χ2v) is 5.83. The molecule has 0 saturated carbocycles. The van der Waals surface area contributed by atoms with Gasteiger partial charge in [0, 0.05) is 49.1 Å². The third-order valence-corrected chi connectivity index (χ3v) is 4.33. The molecular formula is C19H19N3. The molecule has 1 aliphatic heterocycles. The molecule has 0 amide bonds. The van der Waals surface area contributed by atoms with Crippen LogP contribution in [-0.4, -0.2) is 28.0 Å². The average molecular weight is 289 g/mol. The predicted molar refractivity (Wildman–Crippen MR) is 90.4 cm³/mol.